The predicted octanol–water partition coefficient (Wildman–Crippen LogP) is 0.598. The van der Waals surface area contributed by atoms with Crippen molar-refractivity contribution in [3.63, 3.8) is 0 Å². The minimum absolute atomic E-state index is 0.614. The number of aromatic nitrogens is 6. The number of H-pyrrole nitrogens is 1. The Labute approximate surface area is 85.0 Å². The third-order valence-electron chi connectivity index (χ3n) is 2.08. The number of imidazole rings is 1. The number of fused-ring (bicyclic) bond motifs is 1. The lowest BCUT2D eigenvalue weighted by Crippen LogP contribution is -2.01. The highest BCUT2D eigenvalue weighted by Crippen LogP contribution is 2.06. The van der Waals surface area contributed by atoms with Crippen molar-refractivity contribution in [3.8, 4) is 0 Å². The summed E-state index contributed by atoms with van der Waals surface area (Å²) in [5, 5.41) is 4.10. The minimum Gasteiger partial charge on any atom is -0.338 e. The molecule has 74 valence electrons. The number of rotatable bonds is 2. The molecule has 0 saturated carbocycles. The normalized spacial score (nSPS) is 10.9. The molecule has 0 atom stereocenters. The van der Waals surface area contributed by atoms with Gasteiger partial charge >= 0.3 is 0 Å². The van der Waals surface area contributed by atoms with Gasteiger partial charge in [0, 0.05) is 12.4 Å². The van der Waals surface area contributed by atoms with Crippen molar-refractivity contribution >= 4 is 11.2 Å². The maximum atomic E-state index is 4.32. The van der Waals surface area contributed by atoms with Crippen LogP contribution < -0.4 is 0 Å². The first-order valence-corrected chi connectivity index (χ1v) is 4.54. The zero-order valence-corrected chi connectivity index (χ0v) is 7.83. The molecule has 15 heavy (non-hydrogen) atoms. The highest BCUT2D eigenvalue weighted by Gasteiger charge is 2.03. The summed E-state index contributed by atoms with van der Waals surface area (Å²) in [4.78, 5) is 15.4. The van der Waals surface area contributed by atoms with Crippen molar-refractivity contribution in [1.82, 2.24) is 29.7 Å². The maximum Gasteiger partial charge on any atom is 0.180 e. The number of nitrogens with one attached hydrogen (secondary N) is 1. The summed E-state index contributed by atoms with van der Waals surface area (Å²) in [5.41, 5.74) is 1.53. The lowest BCUT2D eigenvalue weighted by atomic mass is 10.6. The van der Waals surface area contributed by atoms with E-state index in [1.54, 1.807) is 17.1 Å². The highest BCUT2D eigenvalue weighted by molar-refractivity contribution is 5.68. The minimum atomic E-state index is 0.614. The lowest BCUT2D eigenvalue weighted by molar-refractivity contribution is 0.663. The van der Waals surface area contributed by atoms with Crippen molar-refractivity contribution in [1.29, 1.82) is 0 Å². The summed E-state index contributed by atoms with van der Waals surface area (Å²) in [6, 6.07) is 1.88. The van der Waals surface area contributed by atoms with E-state index in [1.807, 2.05) is 12.3 Å². The molecule has 0 bridgehead atoms. The molecule has 1 N–H and O–H groups in total. The van der Waals surface area contributed by atoms with E-state index in [2.05, 4.69) is 25.0 Å². The van der Waals surface area contributed by atoms with Crippen LogP contribution in [0.1, 0.15) is 5.82 Å². The zero-order valence-electron chi connectivity index (χ0n) is 7.83. The first kappa shape index (κ1) is 8.10. The smallest absolute Gasteiger partial charge is 0.180 e. The van der Waals surface area contributed by atoms with Gasteiger partial charge in [-0.1, -0.05) is 0 Å². The molecule has 0 aliphatic heterocycles. The second-order valence-electron chi connectivity index (χ2n) is 3.15. The van der Waals surface area contributed by atoms with Gasteiger partial charge in [0.15, 0.2) is 5.65 Å². The summed E-state index contributed by atoms with van der Waals surface area (Å²) in [5.74, 6) is 0.828. The lowest BCUT2D eigenvalue weighted by Gasteiger charge is -1.95. The molecule has 0 radical (unpaired) electrons. The van der Waals surface area contributed by atoms with Gasteiger partial charge in [-0.2, -0.15) is 5.10 Å². The monoisotopic (exact) mass is 200 g/mol. The van der Waals surface area contributed by atoms with Gasteiger partial charge < -0.3 is 4.98 Å². The van der Waals surface area contributed by atoms with Crippen LogP contribution in [0.4, 0.5) is 0 Å². The third kappa shape index (κ3) is 1.45. The van der Waals surface area contributed by atoms with Crippen molar-refractivity contribution in [2.75, 3.05) is 0 Å². The highest BCUT2D eigenvalue weighted by atomic mass is 15.3. The van der Waals surface area contributed by atoms with Crippen molar-refractivity contribution in [3.05, 3.63) is 36.8 Å². The second kappa shape index (κ2) is 3.16. The Bertz CT molecular complexity index is 534. The molecular formula is C9H8N6. The molecule has 0 aliphatic rings. The second-order valence-corrected chi connectivity index (χ2v) is 3.15. The van der Waals surface area contributed by atoms with Crippen LogP contribution in [-0.2, 0) is 6.54 Å². The average molecular weight is 200 g/mol. The van der Waals surface area contributed by atoms with E-state index < -0.39 is 0 Å². The van der Waals surface area contributed by atoms with E-state index in [-0.39, 0.29) is 0 Å². The van der Waals surface area contributed by atoms with Crippen LogP contribution in [-0.4, -0.2) is 29.7 Å². The maximum absolute atomic E-state index is 4.32. The molecule has 3 heterocycles. The molecule has 0 aliphatic carbocycles. The van der Waals surface area contributed by atoms with Crippen LogP contribution in [0.15, 0.2) is 31.0 Å². The fraction of sp³-hybridized carbons (Fsp3) is 0.111. The van der Waals surface area contributed by atoms with Crippen LogP contribution in [0.2, 0.25) is 0 Å². The number of aromatic amines is 1. The van der Waals surface area contributed by atoms with Crippen LogP contribution in [0, 0.1) is 0 Å². The quantitative estimate of drug-likeness (QED) is 0.657. The molecule has 3 aromatic heterocycles. The Hall–Kier alpha value is -2.24. The van der Waals surface area contributed by atoms with Crippen molar-refractivity contribution in [2.24, 2.45) is 0 Å². The average Bonchev–Trinajstić information content (AvgIpc) is 2.86. The van der Waals surface area contributed by atoms with Crippen LogP contribution in [0.5, 0.6) is 0 Å². The van der Waals surface area contributed by atoms with Crippen LogP contribution >= 0.6 is 0 Å². The van der Waals surface area contributed by atoms with Gasteiger partial charge in [0.2, 0.25) is 0 Å². The van der Waals surface area contributed by atoms with Gasteiger partial charge in [-0.3, -0.25) is 4.68 Å². The molecule has 6 nitrogen and oxygen atoms in total. The molecule has 0 aromatic carbocycles. The number of hydrogen-bond donors (Lipinski definition) is 1. The first-order valence-electron chi connectivity index (χ1n) is 4.54. The van der Waals surface area contributed by atoms with E-state index in [0.29, 0.717) is 12.2 Å². The molecule has 0 fully saturated rings. The fourth-order valence-corrected chi connectivity index (χ4v) is 1.43. The fourth-order valence-electron chi connectivity index (χ4n) is 1.43. The van der Waals surface area contributed by atoms with Gasteiger partial charge in [-0.25, -0.2) is 15.0 Å². The first-order chi connectivity index (χ1) is 7.42. The Morgan fingerprint density at radius 1 is 1.40 bits per heavy atom. The Morgan fingerprint density at radius 2 is 2.40 bits per heavy atom. The van der Waals surface area contributed by atoms with Gasteiger partial charge in [-0.05, 0) is 6.07 Å². The molecule has 3 aromatic rings. The van der Waals surface area contributed by atoms with Crippen molar-refractivity contribution < 1.29 is 0 Å². The third-order valence-corrected chi connectivity index (χ3v) is 2.08. The van der Waals surface area contributed by atoms with E-state index in [9.17, 15) is 0 Å². The topological polar surface area (TPSA) is 72.3 Å². The molecular weight excluding hydrogens is 192 g/mol. The Morgan fingerprint density at radius 3 is 3.20 bits per heavy atom. The molecule has 0 amide bonds. The van der Waals surface area contributed by atoms with E-state index >= 15 is 0 Å². The van der Waals surface area contributed by atoms with Crippen molar-refractivity contribution in [2.45, 2.75) is 6.54 Å². The molecule has 0 spiro atoms. The summed E-state index contributed by atoms with van der Waals surface area (Å²) in [6.45, 7) is 0.614. The van der Waals surface area contributed by atoms with Gasteiger partial charge in [0.1, 0.15) is 17.7 Å². The SMILES string of the molecule is c1cnn(Cc2nc3ncncc3[nH]2)c1. The van der Waals surface area contributed by atoms with Crippen LogP contribution in [0.25, 0.3) is 11.2 Å². The Kier molecular flexibility index (Phi) is 1.71. The summed E-state index contributed by atoms with van der Waals surface area (Å²) >= 11 is 0. The summed E-state index contributed by atoms with van der Waals surface area (Å²) in [7, 11) is 0. The number of hydrogen-bond acceptors (Lipinski definition) is 4. The molecule has 6 heteroatoms. The number of nitrogens with zero attached hydrogens (tertiary/aromatic N) is 5. The summed E-state index contributed by atoms with van der Waals surface area (Å²) in [6.07, 6.45) is 6.82. The van der Waals surface area contributed by atoms with E-state index in [4.69, 9.17) is 0 Å². The molecule has 0 unspecified atom stereocenters. The Balaban J connectivity index is 1.98. The van der Waals surface area contributed by atoms with Gasteiger partial charge in [0.05, 0.1) is 12.7 Å². The largest absolute Gasteiger partial charge is 0.338 e. The zero-order chi connectivity index (χ0) is 10.1. The standard InChI is InChI=1S/C9H8N6/c1-2-12-15(3-1)5-8-13-7-4-10-6-11-9(7)14-8/h1-4,6H,5H2,(H,10,11,13,14). The van der Waals surface area contributed by atoms with E-state index in [1.165, 1.54) is 6.33 Å². The van der Waals surface area contributed by atoms with Gasteiger partial charge in [-0.15, -0.1) is 0 Å². The molecule has 3 rings (SSSR count). The van der Waals surface area contributed by atoms with Gasteiger partial charge in [0.25, 0.3) is 0 Å². The summed E-state index contributed by atoms with van der Waals surface area (Å²) < 4.78 is 1.80. The van der Waals surface area contributed by atoms with E-state index in [0.717, 1.165) is 11.3 Å². The molecule has 0 saturated heterocycles. The van der Waals surface area contributed by atoms with Crippen LogP contribution in [0.3, 0.4) is 0 Å². The predicted molar refractivity (Wildman–Crippen MR) is 53.0 cm³/mol.